The van der Waals surface area contributed by atoms with Gasteiger partial charge in [-0.05, 0) is 19.3 Å². The Kier molecular flexibility index (Phi) is 4.61. The van der Waals surface area contributed by atoms with Crippen molar-refractivity contribution < 1.29 is 21.6 Å². The lowest BCUT2D eigenvalue weighted by Crippen LogP contribution is -2.45. The van der Waals surface area contributed by atoms with E-state index < -0.39 is 27.4 Å². The normalized spacial score (nSPS) is 21.5. The summed E-state index contributed by atoms with van der Waals surface area (Å²) < 4.78 is 62.2. The monoisotopic (exact) mass is 284 g/mol. The van der Waals surface area contributed by atoms with Crippen LogP contribution in [0.4, 0.5) is 13.2 Å². The molecule has 18 heavy (non-hydrogen) atoms. The Hall–Kier alpha value is -0.810. The maximum Gasteiger partial charge on any atom is 0.391 e. The van der Waals surface area contributed by atoms with Crippen molar-refractivity contribution >= 4 is 10.0 Å². The highest BCUT2D eigenvalue weighted by molar-refractivity contribution is 7.90. The number of nitriles is 1. The van der Waals surface area contributed by atoms with Crippen LogP contribution in [0.2, 0.25) is 0 Å². The molecule has 0 N–H and O–H groups in total. The third-order valence-corrected chi connectivity index (χ3v) is 5.39. The maximum atomic E-state index is 12.4. The van der Waals surface area contributed by atoms with Gasteiger partial charge >= 0.3 is 6.18 Å². The zero-order valence-corrected chi connectivity index (χ0v) is 10.8. The summed E-state index contributed by atoms with van der Waals surface area (Å²) in [6.07, 6.45) is -4.59. The highest BCUT2D eigenvalue weighted by atomic mass is 32.2. The smallest absolute Gasteiger partial charge is 0.211 e. The Balaban J connectivity index is 2.72. The topological polar surface area (TPSA) is 61.2 Å². The fourth-order valence-corrected chi connectivity index (χ4v) is 3.62. The highest BCUT2D eigenvalue weighted by Gasteiger charge is 2.43. The second-order valence-electron chi connectivity index (χ2n) is 4.29. The van der Waals surface area contributed by atoms with Gasteiger partial charge in [-0.15, -0.1) is 0 Å². The van der Waals surface area contributed by atoms with E-state index in [0.717, 1.165) is 4.31 Å². The molecule has 1 rings (SSSR count). The largest absolute Gasteiger partial charge is 0.391 e. The molecule has 0 amide bonds. The minimum Gasteiger partial charge on any atom is -0.211 e. The summed E-state index contributed by atoms with van der Waals surface area (Å²) in [5.41, 5.74) is 0. The van der Waals surface area contributed by atoms with E-state index in [-0.39, 0.29) is 32.4 Å². The Morgan fingerprint density at radius 2 is 1.89 bits per heavy atom. The first kappa shape index (κ1) is 15.2. The molecule has 4 nitrogen and oxygen atoms in total. The quantitative estimate of drug-likeness (QED) is 0.795. The van der Waals surface area contributed by atoms with E-state index in [1.807, 2.05) is 0 Å². The van der Waals surface area contributed by atoms with Gasteiger partial charge in [0.2, 0.25) is 10.0 Å². The van der Waals surface area contributed by atoms with Crippen molar-refractivity contribution in [2.75, 3.05) is 13.1 Å². The van der Waals surface area contributed by atoms with Crippen molar-refractivity contribution in [3.8, 4) is 6.07 Å². The number of alkyl halides is 3. The van der Waals surface area contributed by atoms with Gasteiger partial charge in [-0.1, -0.05) is 6.92 Å². The zero-order chi connectivity index (χ0) is 14.0. The molecule has 0 aromatic carbocycles. The predicted molar refractivity (Wildman–Crippen MR) is 59.0 cm³/mol. The molecule has 1 fully saturated rings. The molecule has 1 unspecified atom stereocenters. The molecule has 1 saturated heterocycles. The van der Waals surface area contributed by atoms with E-state index in [4.69, 9.17) is 5.26 Å². The van der Waals surface area contributed by atoms with Crippen molar-refractivity contribution in [3.05, 3.63) is 0 Å². The van der Waals surface area contributed by atoms with Crippen LogP contribution in [0.15, 0.2) is 0 Å². The van der Waals surface area contributed by atoms with Crippen molar-refractivity contribution in [2.24, 2.45) is 5.92 Å². The first-order valence-electron chi connectivity index (χ1n) is 5.68. The molecule has 1 heterocycles. The Morgan fingerprint density at radius 1 is 1.39 bits per heavy atom. The van der Waals surface area contributed by atoms with Crippen molar-refractivity contribution in [1.82, 2.24) is 4.31 Å². The molecule has 0 spiro atoms. The van der Waals surface area contributed by atoms with Crippen molar-refractivity contribution in [3.63, 3.8) is 0 Å². The Morgan fingerprint density at radius 3 is 2.22 bits per heavy atom. The SMILES string of the molecule is CCC(C#N)S(=O)(=O)N1CCC(C(F)(F)F)CC1. The minimum absolute atomic E-state index is 0.137. The van der Waals surface area contributed by atoms with Gasteiger partial charge in [0.25, 0.3) is 0 Å². The second-order valence-corrected chi connectivity index (χ2v) is 6.40. The van der Waals surface area contributed by atoms with E-state index in [1.165, 1.54) is 0 Å². The highest BCUT2D eigenvalue weighted by Crippen LogP contribution is 2.35. The summed E-state index contributed by atoms with van der Waals surface area (Å²) in [4.78, 5) is 0. The lowest BCUT2D eigenvalue weighted by molar-refractivity contribution is -0.182. The standard InChI is InChI=1S/C10H15F3N2O2S/c1-2-9(7-14)18(16,17)15-5-3-8(4-6-15)10(11,12)13/h8-9H,2-6H2,1H3. The molecule has 1 atom stereocenters. The average Bonchev–Trinajstić information content (AvgIpc) is 2.29. The van der Waals surface area contributed by atoms with E-state index in [1.54, 1.807) is 13.0 Å². The van der Waals surface area contributed by atoms with Crippen molar-refractivity contribution in [1.29, 1.82) is 5.26 Å². The van der Waals surface area contributed by atoms with E-state index in [0.29, 0.717) is 0 Å². The van der Waals surface area contributed by atoms with Gasteiger partial charge in [-0.3, -0.25) is 0 Å². The van der Waals surface area contributed by atoms with Crippen LogP contribution in [0.25, 0.3) is 0 Å². The lowest BCUT2D eigenvalue weighted by Gasteiger charge is -2.32. The van der Waals surface area contributed by atoms with Gasteiger partial charge in [-0.25, -0.2) is 12.7 Å². The summed E-state index contributed by atoms with van der Waals surface area (Å²) in [5.74, 6) is -1.44. The number of piperidine rings is 1. The fraction of sp³-hybridized carbons (Fsp3) is 0.900. The van der Waals surface area contributed by atoms with Gasteiger partial charge in [-0.2, -0.15) is 18.4 Å². The maximum absolute atomic E-state index is 12.4. The molecule has 1 aliphatic rings. The Labute approximate surface area is 104 Å². The molecule has 0 bridgehead atoms. The third-order valence-electron chi connectivity index (χ3n) is 3.15. The third kappa shape index (κ3) is 3.14. The summed E-state index contributed by atoms with van der Waals surface area (Å²) in [6, 6.07) is 1.68. The first-order valence-corrected chi connectivity index (χ1v) is 7.19. The number of sulfonamides is 1. The number of rotatable bonds is 3. The molecule has 104 valence electrons. The molecule has 1 aliphatic heterocycles. The summed E-state index contributed by atoms with van der Waals surface area (Å²) in [7, 11) is -3.79. The first-order chi connectivity index (χ1) is 8.23. The zero-order valence-electron chi connectivity index (χ0n) is 9.94. The van der Waals surface area contributed by atoms with Crippen LogP contribution in [-0.2, 0) is 10.0 Å². The summed E-state index contributed by atoms with van der Waals surface area (Å²) >= 11 is 0. The molecular weight excluding hydrogens is 269 g/mol. The number of nitrogens with zero attached hydrogens (tertiary/aromatic N) is 2. The molecule has 0 aromatic rings. The number of hydrogen-bond donors (Lipinski definition) is 0. The van der Waals surface area contributed by atoms with Gasteiger partial charge in [0.1, 0.15) is 0 Å². The molecular formula is C10H15F3N2O2S. The van der Waals surface area contributed by atoms with E-state index in [9.17, 15) is 21.6 Å². The Bertz CT molecular complexity index is 419. The van der Waals surface area contributed by atoms with Gasteiger partial charge in [0, 0.05) is 13.1 Å². The van der Waals surface area contributed by atoms with Crippen molar-refractivity contribution in [2.45, 2.75) is 37.6 Å². The predicted octanol–water partition coefficient (Wildman–Crippen LogP) is 1.89. The van der Waals surface area contributed by atoms with Gasteiger partial charge in [0.05, 0.1) is 12.0 Å². The van der Waals surface area contributed by atoms with Crippen LogP contribution in [0.1, 0.15) is 26.2 Å². The van der Waals surface area contributed by atoms with E-state index in [2.05, 4.69) is 0 Å². The van der Waals surface area contributed by atoms with Gasteiger partial charge in [0.15, 0.2) is 5.25 Å². The van der Waals surface area contributed by atoms with Crippen LogP contribution in [-0.4, -0.2) is 37.2 Å². The second kappa shape index (κ2) is 5.45. The van der Waals surface area contributed by atoms with Gasteiger partial charge < -0.3 is 0 Å². The number of halogens is 3. The van der Waals surface area contributed by atoms with E-state index >= 15 is 0 Å². The summed E-state index contributed by atoms with van der Waals surface area (Å²) in [5, 5.41) is 7.57. The number of hydrogen-bond acceptors (Lipinski definition) is 3. The molecule has 0 aliphatic carbocycles. The van der Waals surface area contributed by atoms with Crippen LogP contribution in [0.3, 0.4) is 0 Å². The fourth-order valence-electron chi connectivity index (χ4n) is 1.99. The molecule has 0 aromatic heterocycles. The minimum atomic E-state index is -4.27. The van der Waals surface area contributed by atoms with Crippen LogP contribution in [0, 0.1) is 17.2 Å². The molecule has 0 saturated carbocycles. The van der Waals surface area contributed by atoms with Crippen LogP contribution < -0.4 is 0 Å². The molecule has 8 heteroatoms. The lowest BCUT2D eigenvalue weighted by atomic mass is 9.98. The summed E-state index contributed by atoms with van der Waals surface area (Å²) in [6.45, 7) is 1.24. The van der Waals surface area contributed by atoms with Crippen LogP contribution in [0.5, 0.6) is 0 Å². The van der Waals surface area contributed by atoms with Crippen LogP contribution >= 0.6 is 0 Å². The average molecular weight is 284 g/mol. The molecule has 0 radical (unpaired) electrons.